The molecule has 13 heavy (non-hydrogen) atoms. The summed E-state index contributed by atoms with van der Waals surface area (Å²) in [5.41, 5.74) is 0. The summed E-state index contributed by atoms with van der Waals surface area (Å²) in [5.74, 6) is 1.05. The van der Waals surface area contributed by atoms with Crippen LogP contribution in [0, 0.1) is 5.92 Å². The second-order valence-electron chi connectivity index (χ2n) is 3.09. The Labute approximate surface area is 78.2 Å². The third kappa shape index (κ3) is 2.93. The molecule has 0 aliphatic carbocycles. The summed E-state index contributed by atoms with van der Waals surface area (Å²) in [5, 5.41) is 0. The number of hydrogen-bond donors (Lipinski definition) is 0. The molecule has 0 amide bonds. The van der Waals surface area contributed by atoms with Crippen molar-refractivity contribution in [3.8, 4) is 0 Å². The molecule has 1 rings (SSSR count). The van der Waals surface area contributed by atoms with Crippen LogP contribution in [0.25, 0.3) is 0 Å². The summed E-state index contributed by atoms with van der Waals surface area (Å²) in [6, 6.07) is 1.77. The molecule has 3 heteroatoms. The van der Waals surface area contributed by atoms with Crippen LogP contribution >= 0.6 is 0 Å². The Bertz CT molecular complexity index is 272. The van der Waals surface area contributed by atoms with Crippen molar-refractivity contribution in [2.24, 2.45) is 5.92 Å². The van der Waals surface area contributed by atoms with Crippen molar-refractivity contribution in [3.63, 3.8) is 0 Å². The summed E-state index contributed by atoms with van der Waals surface area (Å²) < 4.78 is 0. The first kappa shape index (κ1) is 9.84. The molecular formula is C10H14N2O. The molecule has 0 aromatic carbocycles. The van der Waals surface area contributed by atoms with Crippen molar-refractivity contribution >= 4 is 5.78 Å². The smallest absolute Gasteiger partial charge is 0.135 e. The fourth-order valence-corrected chi connectivity index (χ4v) is 1.17. The van der Waals surface area contributed by atoms with Crippen molar-refractivity contribution in [1.29, 1.82) is 0 Å². The zero-order valence-corrected chi connectivity index (χ0v) is 8.03. The summed E-state index contributed by atoms with van der Waals surface area (Å²) >= 11 is 0. The highest BCUT2D eigenvalue weighted by atomic mass is 16.1. The van der Waals surface area contributed by atoms with E-state index in [4.69, 9.17) is 0 Å². The van der Waals surface area contributed by atoms with Gasteiger partial charge in [-0.25, -0.2) is 9.97 Å². The molecule has 1 atom stereocenters. The van der Waals surface area contributed by atoms with E-state index in [9.17, 15) is 4.79 Å². The Morgan fingerprint density at radius 3 is 2.62 bits per heavy atom. The quantitative estimate of drug-likeness (QED) is 0.703. The van der Waals surface area contributed by atoms with Crippen LogP contribution in [-0.4, -0.2) is 15.8 Å². The van der Waals surface area contributed by atoms with Crippen molar-refractivity contribution in [1.82, 2.24) is 9.97 Å². The van der Waals surface area contributed by atoms with E-state index in [1.54, 1.807) is 18.5 Å². The zero-order valence-electron chi connectivity index (χ0n) is 8.03. The average molecular weight is 178 g/mol. The SMILES string of the molecule is CCC(=O)C(C)Cc1ncccn1. The van der Waals surface area contributed by atoms with Crippen molar-refractivity contribution < 1.29 is 4.79 Å². The molecule has 1 aromatic rings. The van der Waals surface area contributed by atoms with Crippen LogP contribution in [-0.2, 0) is 11.2 Å². The first-order valence-corrected chi connectivity index (χ1v) is 4.52. The predicted octanol–water partition coefficient (Wildman–Crippen LogP) is 1.63. The predicted molar refractivity (Wildman–Crippen MR) is 50.2 cm³/mol. The van der Waals surface area contributed by atoms with Crippen LogP contribution < -0.4 is 0 Å². The molecule has 1 unspecified atom stereocenters. The molecule has 0 saturated carbocycles. The number of hydrogen-bond acceptors (Lipinski definition) is 3. The number of aromatic nitrogens is 2. The summed E-state index contributed by atoms with van der Waals surface area (Å²) in [4.78, 5) is 19.4. The second kappa shape index (κ2) is 4.70. The average Bonchev–Trinajstić information content (AvgIpc) is 2.18. The largest absolute Gasteiger partial charge is 0.299 e. The van der Waals surface area contributed by atoms with Gasteiger partial charge in [0.25, 0.3) is 0 Å². The molecule has 0 saturated heterocycles. The van der Waals surface area contributed by atoms with Gasteiger partial charge in [-0.15, -0.1) is 0 Å². The zero-order chi connectivity index (χ0) is 9.68. The van der Waals surface area contributed by atoms with Crippen molar-refractivity contribution in [3.05, 3.63) is 24.3 Å². The van der Waals surface area contributed by atoms with Gasteiger partial charge in [0, 0.05) is 31.2 Å². The standard InChI is InChI=1S/C10H14N2O/c1-3-9(13)8(2)7-10-11-5-4-6-12-10/h4-6,8H,3,7H2,1-2H3. The van der Waals surface area contributed by atoms with Crippen LogP contribution in [0.3, 0.4) is 0 Å². The van der Waals surface area contributed by atoms with Gasteiger partial charge < -0.3 is 0 Å². The molecule has 0 bridgehead atoms. The summed E-state index contributed by atoms with van der Waals surface area (Å²) in [6.07, 6.45) is 4.64. The van der Waals surface area contributed by atoms with Gasteiger partial charge in [-0.2, -0.15) is 0 Å². The number of ketones is 1. The molecule has 1 heterocycles. The highest BCUT2D eigenvalue weighted by Crippen LogP contribution is 2.06. The Hall–Kier alpha value is -1.25. The Kier molecular flexibility index (Phi) is 3.55. The molecule has 0 N–H and O–H groups in total. The van der Waals surface area contributed by atoms with E-state index in [2.05, 4.69) is 9.97 Å². The Morgan fingerprint density at radius 2 is 2.08 bits per heavy atom. The van der Waals surface area contributed by atoms with Crippen LogP contribution in [0.4, 0.5) is 0 Å². The van der Waals surface area contributed by atoms with Gasteiger partial charge in [0.15, 0.2) is 0 Å². The van der Waals surface area contributed by atoms with Crippen LogP contribution in [0.2, 0.25) is 0 Å². The lowest BCUT2D eigenvalue weighted by molar-refractivity contribution is -0.122. The van der Waals surface area contributed by atoms with E-state index in [1.165, 1.54) is 0 Å². The highest BCUT2D eigenvalue weighted by Gasteiger charge is 2.12. The monoisotopic (exact) mass is 178 g/mol. The van der Waals surface area contributed by atoms with Crippen molar-refractivity contribution in [2.75, 3.05) is 0 Å². The van der Waals surface area contributed by atoms with Gasteiger partial charge in [-0.1, -0.05) is 13.8 Å². The minimum atomic E-state index is 0.0346. The maximum atomic E-state index is 11.3. The van der Waals surface area contributed by atoms with Gasteiger partial charge in [-0.3, -0.25) is 4.79 Å². The number of carbonyl (C=O) groups excluding carboxylic acids is 1. The molecule has 0 fully saturated rings. The van der Waals surface area contributed by atoms with E-state index in [1.807, 2.05) is 13.8 Å². The molecule has 0 aliphatic heterocycles. The number of nitrogens with zero attached hydrogens (tertiary/aromatic N) is 2. The summed E-state index contributed by atoms with van der Waals surface area (Å²) in [7, 11) is 0. The lowest BCUT2D eigenvalue weighted by atomic mass is 10.0. The van der Waals surface area contributed by atoms with Gasteiger partial charge in [0.1, 0.15) is 11.6 Å². The first-order valence-electron chi connectivity index (χ1n) is 4.52. The van der Waals surface area contributed by atoms with E-state index in [-0.39, 0.29) is 11.7 Å². The molecule has 0 radical (unpaired) electrons. The van der Waals surface area contributed by atoms with Gasteiger partial charge >= 0.3 is 0 Å². The molecule has 0 aliphatic rings. The molecular weight excluding hydrogens is 164 g/mol. The summed E-state index contributed by atoms with van der Waals surface area (Å²) in [6.45, 7) is 3.80. The third-order valence-corrected chi connectivity index (χ3v) is 2.01. The fraction of sp³-hybridized carbons (Fsp3) is 0.500. The third-order valence-electron chi connectivity index (χ3n) is 2.01. The fourth-order valence-electron chi connectivity index (χ4n) is 1.17. The number of Topliss-reactive ketones (excluding diaryl/α,β-unsaturated/α-hetero) is 1. The normalized spacial score (nSPS) is 12.5. The maximum absolute atomic E-state index is 11.3. The lowest BCUT2D eigenvalue weighted by Gasteiger charge is -2.06. The second-order valence-corrected chi connectivity index (χ2v) is 3.09. The van der Waals surface area contributed by atoms with E-state index < -0.39 is 0 Å². The molecule has 3 nitrogen and oxygen atoms in total. The van der Waals surface area contributed by atoms with E-state index in [0.29, 0.717) is 12.8 Å². The van der Waals surface area contributed by atoms with E-state index >= 15 is 0 Å². The maximum Gasteiger partial charge on any atom is 0.135 e. The van der Waals surface area contributed by atoms with Crippen LogP contribution in [0.5, 0.6) is 0 Å². The Balaban J connectivity index is 2.55. The topological polar surface area (TPSA) is 42.9 Å². The van der Waals surface area contributed by atoms with Gasteiger partial charge in [-0.05, 0) is 6.07 Å². The lowest BCUT2D eigenvalue weighted by Crippen LogP contribution is -2.13. The van der Waals surface area contributed by atoms with E-state index in [0.717, 1.165) is 5.82 Å². The first-order chi connectivity index (χ1) is 6.24. The molecule has 1 aromatic heterocycles. The molecule has 0 spiro atoms. The highest BCUT2D eigenvalue weighted by molar-refractivity contribution is 5.80. The number of carbonyl (C=O) groups is 1. The minimum Gasteiger partial charge on any atom is -0.299 e. The van der Waals surface area contributed by atoms with Crippen LogP contribution in [0.1, 0.15) is 26.1 Å². The minimum absolute atomic E-state index is 0.0346. The van der Waals surface area contributed by atoms with Gasteiger partial charge in [0.2, 0.25) is 0 Å². The van der Waals surface area contributed by atoms with Crippen LogP contribution in [0.15, 0.2) is 18.5 Å². The molecule has 70 valence electrons. The van der Waals surface area contributed by atoms with Gasteiger partial charge in [0.05, 0.1) is 0 Å². The number of rotatable bonds is 4. The Morgan fingerprint density at radius 1 is 1.46 bits per heavy atom. The van der Waals surface area contributed by atoms with Crippen molar-refractivity contribution in [2.45, 2.75) is 26.7 Å².